The smallest absolute Gasteiger partial charge is 0.305 e. The predicted molar refractivity (Wildman–Crippen MR) is 71.6 cm³/mol. The standard InChI is InChI=1S/C15H11NO4/c17-12(18)7-8-16-14(19)11-6-5-9-3-1-2-4-10(9)13(11)15(16)20/h1-6H,7-8H2,(H,17,18). The monoisotopic (exact) mass is 269 g/mol. The summed E-state index contributed by atoms with van der Waals surface area (Å²) in [4.78, 5) is 36.1. The maximum Gasteiger partial charge on any atom is 0.305 e. The Morgan fingerprint density at radius 3 is 2.55 bits per heavy atom. The lowest BCUT2D eigenvalue weighted by Crippen LogP contribution is -2.31. The third kappa shape index (κ3) is 1.75. The van der Waals surface area contributed by atoms with Crippen molar-refractivity contribution < 1.29 is 19.5 Å². The normalized spacial score (nSPS) is 13.9. The van der Waals surface area contributed by atoms with E-state index in [1.807, 2.05) is 12.1 Å². The number of amides is 2. The van der Waals surface area contributed by atoms with Crippen LogP contribution in [0.2, 0.25) is 0 Å². The first-order chi connectivity index (χ1) is 9.59. The summed E-state index contributed by atoms with van der Waals surface area (Å²) in [5.41, 5.74) is 0.720. The van der Waals surface area contributed by atoms with Crippen molar-refractivity contribution in [1.29, 1.82) is 0 Å². The van der Waals surface area contributed by atoms with Crippen LogP contribution in [0.15, 0.2) is 36.4 Å². The van der Waals surface area contributed by atoms with Gasteiger partial charge in [0.05, 0.1) is 17.5 Å². The number of imide groups is 1. The molecule has 0 fully saturated rings. The fourth-order valence-corrected chi connectivity index (χ4v) is 2.46. The summed E-state index contributed by atoms with van der Waals surface area (Å²) < 4.78 is 0. The molecule has 0 spiro atoms. The Hall–Kier alpha value is -2.69. The molecule has 1 aliphatic heterocycles. The van der Waals surface area contributed by atoms with Gasteiger partial charge in [0.2, 0.25) is 0 Å². The molecule has 0 bridgehead atoms. The Morgan fingerprint density at radius 2 is 1.80 bits per heavy atom. The van der Waals surface area contributed by atoms with Crippen LogP contribution in [0.4, 0.5) is 0 Å². The lowest BCUT2D eigenvalue weighted by atomic mass is 10.0. The highest BCUT2D eigenvalue weighted by molar-refractivity contribution is 6.26. The molecule has 0 atom stereocenters. The van der Waals surface area contributed by atoms with Crippen LogP contribution in [0.1, 0.15) is 27.1 Å². The van der Waals surface area contributed by atoms with Gasteiger partial charge in [0.25, 0.3) is 11.8 Å². The molecule has 1 aliphatic rings. The summed E-state index contributed by atoms with van der Waals surface area (Å²) in [5.74, 6) is -1.87. The summed E-state index contributed by atoms with van der Waals surface area (Å²) in [6, 6.07) is 10.7. The van der Waals surface area contributed by atoms with E-state index in [0.717, 1.165) is 15.7 Å². The molecule has 2 aromatic carbocycles. The molecular formula is C15H11NO4. The molecule has 1 N–H and O–H groups in total. The molecule has 0 aromatic heterocycles. The number of nitrogens with zero attached hydrogens (tertiary/aromatic N) is 1. The lowest BCUT2D eigenvalue weighted by molar-refractivity contribution is -0.137. The van der Waals surface area contributed by atoms with Crippen molar-refractivity contribution in [2.45, 2.75) is 6.42 Å². The highest BCUT2D eigenvalue weighted by Crippen LogP contribution is 2.30. The Labute approximate surface area is 114 Å². The van der Waals surface area contributed by atoms with Crippen molar-refractivity contribution in [2.75, 3.05) is 6.54 Å². The van der Waals surface area contributed by atoms with E-state index < -0.39 is 17.8 Å². The third-order valence-corrected chi connectivity index (χ3v) is 3.41. The summed E-state index contributed by atoms with van der Waals surface area (Å²) in [5, 5.41) is 10.3. The zero-order valence-corrected chi connectivity index (χ0v) is 10.5. The molecule has 1 heterocycles. The number of rotatable bonds is 3. The predicted octanol–water partition coefficient (Wildman–Crippen LogP) is 1.91. The van der Waals surface area contributed by atoms with Crippen molar-refractivity contribution >= 4 is 28.6 Å². The van der Waals surface area contributed by atoms with E-state index in [-0.39, 0.29) is 13.0 Å². The van der Waals surface area contributed by atoms with Crippen molar-refractivity contribution in [3.05, 3.63) is 47.5 Å². The van der Waals surface area contributed by atoms with Crippen LogP contribution in [0.5, 0.6) is 0 Å². The fraction of sp³-hybridized carbons (Fsp3) is 0.133. The van der Waals surface area contributed by atoms with E-state index in [2.05, 4.69) is 0 Å². The molecule has 5 heteroatoms. The largest absolute Gasteiger partial charge is 0.481 e. The number of fused-ring (bicyclic) bond motifs is 3. The van der Waals surface area contributed by atoms with E-state index in [0.29, 0.717) is 11.1 Å². The Balaban J connectivity index is 2.09. The zero-order valence-electron chi connectivity index (χ0n) is 10.5. The number of hydrogen-bond acceptors (Lipinski definition) is 3. The summed E-state index contributed by atoms with van der Waals surface area (Å²) in [6.45, 7) is -0.101. The number of aliphatic carboxylic acids is 1. The van der Waals surface area contributed by atoms with Crippen LogP contribution in [-0.2, 0) is 4.79 Å². The van der Waals surface area contributed by atoms with Gasteiger partial charge in [-0.25, -0.2) is 0 Å². The topological polar surface area (TPSA) is 74.7 Å². The second-order valence-electron chi connectivity index (χ2n) is 4.61. The third-order valence-electron chi connectivity index (χ3n) is 3.41. The summed E-state index contributed by atoms with van der Waals surface area (Å²) in [7, 11) is 0. The van der Waals surface area contributed by atoms with Gasteiger partial charge in [-0.3, -0.25) is 19.3 Å². The van der Waals surface area contributed by atoms with Gasteiger partial charge in [-0.1, -0.05) is 30.3 Å². The van der Waals surface area contributed by atoms with Crippen molar-refractivity contribution in [3.63, 3.8) is 0 Å². The van der Waals surface area contributed by atoms with Gasteiger partial charge < -0.3 is 5.11 Å². The number of carboxylic acid groups (broad SMARTS) is 1. The first kappa shape index (κ1) is 12.3. The lowest BCUT2D eigenvalue weighted by Gasteiger charge is -2.11. The first-order valence-electron chi connectivity index (χ1n) is 6.19. The van der Waals surface area contributed by atoms with Crippen LogP contribution in [0.3, 0.4) is 0 Å². The average Bonchev–Trinajstić information content (AvgIpc) is 2.69. The number of carboxylic acids is 1. The van der Waals surface area contributed by atoms with E-state index in [9.17, 15) is 14.4 Å². The average molecular weight is 269 g/mol. The van der Waals surface area contributed by atoms with Crippen molar-refractivity contribution in [2.24, 2.45) is 0 Å². The summed E-state index contributed by atoms with van der Waals surface area (Å²) >= 11 is 0. The van der Waals surface area contributed by atoms with Crippen LogP contribution in [-0.4, -0.2) is 34.3 Å². The van der Waals surface area contributed by atoms with E-state index in [4.69, 9.17) is 5.11 Å². The first-order valence-corrected chi connectivity index (χ1v) is 6.19. The molecule has 2 amide bonds. The van der Waals surface area contributed by atoms with E-state index in [1.54, 1.807) is 24.3 Å². The molecule has 0 radical (unpaired) electrons. The van der Waals surface area contributed by atoms with Crippen molar-refractivity contribution in [3.8, 4) is 0 Å². The molecule has 0 saturated carbocycles. The molecule has 5 nitrogen and oxygen atoms in total. The maximum atomic E-state index is 12.3. The molecule has 20 heavy (non-hydrogen) atoms. The molecule has 100 valence electrons. The summed E-state index contributed by atoms with van der Waals surface area (Å²) in [6.07, 6.45) is -0.247. The number of carbonyl (C=O) groups is 3. The van der Waals surface area contributed by atoms with Crippen LogP contribution >= 0.6 is 0 Å². The van der Waals surface area contributed by atoms with Gasteiger partial charge in [0.1, 0.15) is 0 Å². The maximum absolute atomic E-state index is 12.3. The number of carbonyl (C=O) groups excluding carboxylic acids is 2. The SMILES string of the molecule is O=C(O)CCN1C(=O)c2ccc3ccccc3c2C1=O. The van der Waals surface area contributed by atoms with Gasteiger partial charge in [0.15, 0.2) is 0 Å². The number of benzene rings is 2. The minimum Gasteiger partial charge on any atom is -0.481 e. The Bertz CT molecular complexity index is 751. The molecule has 2 aromatic rings. The van der Waals surface area contributed by atoms with Gasteiger partial charge >= 0.3 is 5.97 Å². The minimum atomic E-state index is -1.04. The van der Waals surface area contributed by atoms with E-state index >= 15 is 0 Å². The van der Waals surface area contributed by atoms with Crippen LogP contribution in [0.25, 0.3) is 10.8 Å². The highest BCUT2D eigenvalue weighted by atomic mass is 16.4. The second-order valence-corrected chi connectivity index (χ2v) is 4.61. The highest BCUT2D eigenvalue weighted by Gasteiger charge is 2.36. The minimum absolute atomic E-state index is 0.101. The van der Waals surface area contributed by atoms with Crippen LogP contribution in [0, 0.1) is 0 Å². The molecule has 0 saturated heterocycles. The Morgan fingerprint density at radius 1 is 1.05 bits per heavy atom. The molecular weight excluding hydrogens is 258 g/mol. The number of hydrogen-bond donors (Lipinski definition) is 1. The van der Waals surface area contributed by atoms with Gasteiger partial charge in [-0.15, -0.1) is 0 Å². The zero-order chi connectivity index (χ0) is 14.3. The van der Waals surface area contributed by atoms with E-state index in [1.165, 1.54) is 0 Å². The van der Waals surface area contributed by atoms with Gasteiger partial charge in [-0.2, -0.15) is 0 Å². The Kier molecular flexibility index (Phi) is 2.75. The van der Waals surface area contributed by atoms with Gasteiger partial charge in [-0.05, 0) is 16.8 Å². The molecule has 3 rings (SSSR count). The molecule has 0 aliphatic carbocycles. The van der Waals surface area contributed by atoms with Crippen LogP contribution < -0.4 is 0 Å². The van der Waals surface area contributed by atoms with Crippen molar-refractivity contribution in [1.82, 2.24) is 4.90 Å². The fourth-order valence-electron chi connectivity index (χ4n) is 2.46. The van der Waals surface area contributed by atoms with Gasteiger partial charge in [0, 0.05) is 6.54 Å². The second kappa shape index (κ2) is 4.45. The quantitative estimate of drug-likeness (QED) is 0.864. The molecule has 0 unspecified atom stereocenters.